The number of benzene rings is 1. The molecule has 1 aliphatic heterocycles. The maximum atomic E-state index is 13.5. The third-order valence-electron chi connectivity index (χ3n) is 4.84. The van der Waals surface area contributed by atoms with E-state index in [1.807, 2.05) is 10.7 Å². The number of carbonyl (C=O) groups excluding carboxylic acids is 1. The number of pyridine rings is 1. The number of aryl methyl sites for hydroxylation is 1. The second-order valence-corrected chi connectivity index (χ2v) is 7.67. The predicted molar refractivity (Wildman–Crippen MR) is 119 cm³/mol. The lowest BCUT2D eigenvalue weighted by atomic mass is 10.0. The zero-order valence-corrected chi connectivity index (χ0v) is 18.1. The number of aromatic nitrogens is 3. The molecule has 166 valence electrons. The molecule has 0 spiro atoms. The Labute approximate surface area is 185 Å². The molecular weight excluding hydrogens is 413 g/mol. The van der Waals surface area contributed by atoms with Crippen molar-refractivity contribution in [3.8, 4) is 28.3 Å². The summed E-state index contributed by atoms with van der Waals surface area (Å²) < 4.78 is 21.2. The summed E-state index contributed by atoms with van der Waals surface area (Å²) in [6.07, 6.45) is 1.68. The Morgan fingerprint density at radius 3 is 2.78 bits per heavy atom. The number of amides is 1. The van der Waals surface area contributed by atoms with E-state index < -0.39 is 6.10 Å². The molecule has 32 heavy (non-hydrogen) atoms. The summed E-state index contributed by atoms with van der Waals surface area (Å²) in [4.78, 5) is 21.9. The van der Waals surface area contributed by atoms with Crippen LogP contribution < -0.4 is 10.1 Å². The van der Waals surface area contributed by atoms with Crippen LogP contribution >= 0.6 is 0 Å². The van der Waals surface area contributed by atoms with E-state index >= 15 is 0 Å². The monoisotopic (exact) mass is 437 g/mol. The summed E-state index contributed by atoms with van der Waals surface area (Å²) in [5.74, 6) is 0.319. The molecule has 3 heterocycles. The van der Waals surface area contributed by atoms with E-state index in [-0.39, 0.29) is 11.7 Å². The van der Waals surface area contributed by atoms with Gasteiger partial charge in [-0.25, -0.2) is 14.1 Å². The molecule has 1 amide bonds. The number of anilines is 1. The van der Waals surface area contributed by atoms with Crippen LogP contribution in [0.2, 0.25) is 0 Å². The van der Waals surface area contributed by atoms with E-state index in [1.165, 1.54) is 12.1 Å². The molecule has 0 saturated heterocycles. The van der Waals surface area contributed by atoms with Crippen molar-refractivity contribution in [3.63, 3.8) is 0 Å². The van der Waals surface area contributed by atoms with Crippen molar-refractivity contribution in [2.24, 2.45) is 5.16 Å². The molecule has 0 aliphatic carbocycles. The van der Waals surface area contributed by atoms with Gasteiger partial charge in [-0.1, -0.05) is 5.16 Å². The quantitative estimate of drug-likeness (QED) is 0.459. The Morgan fingerprint density at radius 2 is 2.03 bits per heavy atom. The van der Waals surface area contributed by atoms with Gasteiger partial charge in [0.1, 0.15) is 17.3 Å². The summed E-state index contributed by atoms with van der Waals surface area (Å²) in [6, 6.07) is 9.75. The fourth-order valence-corrected chi connectivity index (χ4v) is 3.31. The summed E-state index contributed by atoms with van der Waals surface area (Å²) in [6.45, 7) is 6.49. The smallest absolute Gasteiger partial charge is 0.269 e. The summed E-state index contributed by atoms with van der Waals surface area (Å²) in [5.41, 5.74) is 3.70. The van der Waals surface area contributed by atoms with Crippen molar-refractivity contribution in [2.45, 2.75) is 39.8 Å². The Bertz CT molecular complexity index is 1150. The van der Waals surface area contributed by atoms with Gasteiger partial charge in [-0.2, -0.15) is 5.10 Å². The molecule has 2 aromatic heterocycles. The highest BCUT2D eigenvalue weighted by Gasteiger charge is 2.25. The molecule has 0 saturated carbocycles. The zero-order chi connectivity index (χ0) is 22.7. The first kappa shape index (κ1) is 21.5. The summed E-state index contributed by atoms with van der Waals surface area (Å²) in [5, 5.41) is 11.3. The third kappa shape index (κ3) is 4.61. The van der Waals surface area contributed by atoms with E-state index in [0.717, 1.165) is 29.7 Å². The van der Waals surface area contributed by atoms with Crippen LogP contribution in [0, 0.1) is 5.82 Å². The maximum absolute atomic E-state index is 13.5. The van der Waals surface area contributed by atoms with Crippen molar-refractivity contribution in [1.29, 1.82) is 0 Å². The van der Waals surface area contributed by atoms with Crippen LogP contribution in [0.1, 0.15) is 27.2 Å². The number of hydrogen-bond acceptors (Lipinski definition) is 6. The number of nitrogens with one attached hydrogen (secondary N) is 1. The van der Waals surface area contributed by atoms with Gasteiger partial charge in [-0.05, 0) is 62.7 Å². The van der Waals surface area contributed by atoms with Crippen LogP contribution in [-0.4, -0.2) is 39.1 Å². The normalized spacial score (nSPS) is 13.5. The maximum Gasteiger partial charge on any atom is 0.269 e. The van der Waals surface area contributed by atoms with Crippen LogP contribution in [0.3, 0.4) is 0 Å². The van der Waals surface area contributed by atoms with E-state index in [9.17, 15) is 9.18 Å². The Balaban J connectivity index is 1.68. The highest BCUT2D eigenvalue weighted by atomic mass is 19.1. The third-order valence-corrected chi connectivity index (χ3v) is 4.84. The fraction of sp³-hybridized carbons (Fsp3) is 0.304. The second kappa shape index (κ2) is 9.17. The second-order valence-electron chi connectivity index (χ2n) is 7.67. The number of rotatable bonds is 6. The van der Waals surface area contributed by atoms with Crippen molar-refractivity contribution in [2.75, 3.05) is 11.9 Å². The van der Waals surface area contributed by atoms with Gasteiger partial charge in [0.05, 0.1) is 17.9 Å². The molecule has 0 fully saturated rings. The SMILES string of the molecule is CC(C)=NOC(C)C(=O)Nc1cc(-c2c(-c3ccc(F)cc3)nn3c2OCCC3)ccn1. The van der Waals surface area contributed by atoms with Gasteiger partial charge < -0.3 is 14.9 Å². The lowest BCUT2D eigenvalue weighted by Gasteiger charge is -2.16. The number of carbonyl (C=O) groups is 1. The molecular formula is C23H24FN5O3. The molecule has 0 radical (unpaired) electrons. The van der Waals surface area contributed by atoms with Gasteiger partial charge in [0.15, 0.2) is 0 Å². The number of hydrogen-bond donors (Lipinski definition) is 1. The molecule has 1 aliphatic rings. The molecule has 1 aromatic carbocycles. The molecule has 4 rings (SSSR count). The van der Waals surface area contributed by atoms with Crippen LogP contribution in [0.15, 0.2) is 47.8 Å². The van der Waals surface area contributed by atoms with E-state index in [2.05, 4.69) is 15.5 Å². The van der Waals surface area contributed by atoms with Crippen LogP contribution in [0.5, 0.6) is 5.88 Å². The van der Waals surface area contributed by atoms with E-state index in [0.29, 0.717) is 29.7 Å². The predicted octanol–water partition coefficient (Wildman–Crippen LogP) is 4.27. The van der Waals surface area contributed by atoms with Crippen LogP contribution in [-0.2, 0) is 16.2 Å². The first-order valence-corrected chi connectivity index (χ1v) is 10.4. The average molecular weight is 437 g/mol. The van der Waals surface area contributed by atoms with Gasteiger partial charge in [-0.3, -0.25) is 4.79 Å². The summed E-state index contributed by atoms with van der Waals surface area (Å²) in [7, 11) is 0. The minimum absolute atomic E-state index is 0.316. The number of ether oxygens (including phenoxy) is 1. The van der Waals surface area contributed by atoms with Crippen LogP contribution in [0.4, 0.5) is 10.2 Å². The van der Waals surface area contributed by atoms with Gasteiger partial charge in [0, 0.05) is 24.7 Å². The van der Waals surface area contributed by atoms with Gasteiger partial charge in [0.2, 0.25) is 12.0 Å². The number of oxime groups is 1. The number of nitrogens with zero attached hydrogens (tertiary/aromatic N) is 4. The van der Waals surface area contributed by atoms with E-state index in [4.69, 9.17) is 14.7 Å². The van der Waals surface area contributed by atoms with Gasteiger partial charge in [-0.15, -0.1) is 0 Å². The van der Waals surface area contributed by atoms with Gasteiger partial charge in [0.25, 0.3) is 5.91 Å². The number of halogens is 1. The first-order chi connectivity index (χ1) is 15.4. The standard InChI is InChI=1S/C23H24FN5O3/c1-14(2)28-32-15(3)22(30)26-19-13-17(9-10-25-19)20-21(16-5-7-18(24)8-6-16)27-29-11-4-12-31-23(20)29/h5-10,13,15H,4,11-12H2,1-3H3,(H,25,26,30). The zero-order valence-electron chi connectivity index (χ0n) is 18.1. The minimum Gasteiger partial charge on any atom is -0.477 e. The van der Waals surface area contributed by atoms with Crippen molar-refractivity contribution in [1.82, 2.24) is 14.8 Å². The Hall–Kier alpha value is -3.75. The van der Waals surface area contributed by atoms with Crippen molar-refractivity contribution in [3.05, 3.63) is 48.4 Å². The lowest BCUT2D eigenvalue weighted by Crippen LogP contribution is -2.27. The first-order valence-electron chi connectivity index (χ1n) is 10.4. The van der Waals surface area contributed by atoms with Crippen LogP contribution in [0.25, 0.3) is 22.4 Å². The molecule has 1 unspecified atom stereocenters. The van der Waals surface area contributed by atoms with Gasteiger partial charge >= 0.3 is 0 Å². The molecule has 3 aromatic rings. The highest BCUT2D eigenvalue weighted by molar-refractivity contribution is 5.94. The molecule has 8 nitrogen and oxygen atoms in total. The number of fused-ring (bicyclic) bond motifs is 1. The minimum atomic E-state index is -0.780. The summed E-state index contributed by atoms with van der Waals surface area (Å²) >= 11 is 0. The Morgan fingerprint density at radius 1 is 1.25 bits per heavy atom. The Kier molecular flexibility index (Phi) is 6.16. The molecule has 1 atom stereocenters. The molecule has 9 heteroatoms. The lowest BCUT2D eigenvalue weighted by molar-refractivity contribution is -0.126. The molecule has 1 N–H and O–H groups in total. The van der Waals surface area contributed by atoms with Crippen molar-refractivity contribution >= 4 is 17.4 Å². The molecule has 0 bridgehead atoms. The average Bonchev–Trinajstić information content (AvgIpc) is 3.17. The highest BCUT2D eigenvalue weighted by Crippen LogP contribution is 2.41. The fourth-order valence-electron chi connectivity index (χ4n) is 3.31. The largest absolute Gasteiger partial charge is 0.477 e. The van der Waals surface area contributed by atoms with Crippen molar-refractivity contribution < 1.29 is 18.8 Å². The topological polar surface area (TPSA) is 90.6 Å². The van der Waals surface area contributed by atoms with E-state index in [1.54, 1.807) is 45.2 Å².